The zero-order valence-electron chi connectivity index (χ0n) is 15.4. The highest BCUT2D eigenvalue weighted by Crippen LogP contribution is 2.68. The minimum atomic E-state index is -0.478. The molecule has 0 aromatic rings. The summed E-state index contributed by atoms with van der Waals surface area (Å²) in [5.41, 5.74) is -0.0540. The highest BCUT2D eigenvalue weighted by Gasteiger charge is 2.63. The summed E-state index contributed by atoms with van der Waals surface area (Å²) in [7, 11) is 1.89. The lowest BCUT2D eigenvalue weighted by Crippen LogP contribution is -2.45. The Morgan fingerprint density at radius 3 is 2.68 bits per heavy atom. The maximum atomic E-state index is 12.3. The zero-order chi connectivity index (χ0) is 18.0. The monoisotopic (exact) mass is 346 g/mol. The average molecular weight is 346 g/mol. The smallest absolute Gasteiger partial charge is 0.344 e. The molecule has 5 rings (SSSR count). The van der Waals surface area contributed by atoms with Crippen molar-refractivity contribution in [3.05, 3.63) is 12.3 Å². The van der Waals surface area contributed by atoms with Crippen LogP contribution in [0.4, 0.5) is 0 Å². The lowest BCUT2D eigenvalue weighted by atomic mass is 9.66. The van der Waals surface area contributed by atoms with Gasteiger partial charge in [-0.05, 0) is 43.4 Å². The van der Waals surface area contributed by atoms with E-state index in [0.29, 0.717) is 17.8 Å². The third-order valence-corrected chi connectivity index (χ3v) is 7.20. The molecule has 4 bridgehead atoms. The van der Waals surface area contributed by atoms with Gasteiger partial charge in [0.15, 0.2) is 6.61 Å². The van der Waals surface area contributed by atoms with Gasteiger partial charge in [0.1, 0.15) is 20.1 Å². The first kappa shape index (κ1) is 17.0. The molecule has 0 aromatic carbocycles. The second kappa shape index (κ2) is 5.52. The molecule has 0 N–H and O–H groups in total. The van der Waals surface area contributed by atoms with Crippen LogP contribution >= 0.6 is 0 Å². The molecule has 0 amide bonds. The van der Waals surface area contributed by atoms with Crippen LogP contribution in [0.2, 0.25) is 5.31 Å². The van der Waals surface area contributed by atoms with Crippen molar-refractivity contribution in [1.82, 2.24) is 0 Å². The van der Waals surface area contributed by atoms with E-state index in [0.717, 1.165) is 37.9 Å². The molecule has 6 heteroatoms. The second-order valence-corrected chi connectivity index (χ2v) is 9.31. The lowest BCUT2D eigenvalue weighted by Gasteiger charge is -2.41. The first-order valence-electron chi connectivity index (χ1n) is 9.42. The highest BCUT2D eigenvalue weighted by atomic mass is 16.6. The maximum absolute atomic E-state index is 12.3. The summed E-state index contributed by atoms with van der Waals surface area (Å²) in [5, 5.41) is -0.478. The van der Waals surface area contributed by atoms with Gasteiger partial charge in [-0.1, -0.05) is 20.4 Å². The molecule has 0 radical (unpaired) electrons. The van der Waals surface area contributed by atoms with Crippen molar-refractivity contribution < 1.29 is 23.8 Å². The van der Waals surface area contributed by atoms with Crippen molar-refractivity contribution in [2.24, 2.45) is 23.2 Å². The molecule has 25 heavy (non-hydrogen) atoms. The number of carbonyl (C=O) groups is 2. The Balaban J connectivity index is 1.34. The molecular weight excluding hydrogens is 319 g/mol. The minimum absolute atomic E-state index is 0.0540. The molecule has 5 aliphatic rings. The molecule has 5 fully saturated rings. The molecular formula is C19H27BO5. The molecule has 2 aliphatic heterocycles. The van der Waals surface area contributed by atoms with Crippen LogP contribution in [-0.4, -0.2) is 38.6 Å². The Morgan fingerprint density at radius 1 is 1.28 bits per heavy atom. The number of rotatable bonds is 4. The fourth-order valence-corrected chi connectivity index (χ4v) is 5.21. The topological polar surface area (TPSA) is 61.8 Å². The van der Waals surface area contributed by atoms with Crippen LogP contribution in [0.15, 0.2) is 12.3 Å². The highest BCUT2D eigenvalue weighted by molar-refractivity contribution is 6.30. The van der Waals surface area contributed by atoms with Gasteiger partial charge in [-0.15, -0.1) is 0 Å². The number of hydrogen-bond acceptors (Lipinski definition) is 5. The molecule has 6 atom stereocenters. The number of carbonyl (C=O) groups excluding carboxylic acids is 2. The maximum Gasteiger partial charge on any atom is 0.344 e. The summed E-state index contributed by atoms with van der Waals surface area (Å²) in [4.78, 5) is 24.5. The minimum Gasteiger partial charge on any atom is -0.491 e. The largest absolute Gasteiger partial charge is 0.491 e. The predicted molar refractivity (Wildman–Crippen MR) is 93.4 cm³/mol. The molecule has 2 heterocycles. The van der Waals surface area contributed by atoms with Crippen LogP contribution < -0.4 is 0 Å². The summed E-state index contributed by atoms with van der Waals surface area (Å²) < 4.78 is 16.9. The van der Waals surface area contributed by atoms with E-state index in [2.05, 4.69) is 6.58 Å². The second-order valence-electron chi connectivity index (χ2n) is 9.31. The lowest BCUT2D eigenvalue weighted by molar-refractivity contribution is -0.174. The molecule has 0 spiro atoms. The molecule has 0 aromatic heterocycles. The Morgan fingerprint density at radius 2 is 2.00 bits per heavy atom. The van der Waals surface area contributed by atoms with Gasteiger partial charge >= 0.3 is 11.9 Å². The Kier molecular flexibility index (Phi) is 3.75. The first-order valence-corrected chi connectivity index (χ1v) is 9.42. The third-order valence-electron chi connectivity index (χ3n) is 7.20. The van der Waals surface area contributed by atoms with Gasteiger partial charge in [0.25, 0.3) is 0 Å². The molecule has 136 valence electrons. The van der Waals surface area contributed by atoms with Crippen LogP contribution in [0.5, 0.6) is 0 Å². The van der Waals surface area contributed by atoms with Crippen LogP contribution in [0.3, 0.4) is 0 Å². The van der Waals surface area contributed by atoms with E-state index in [1.54, 1.807) is 0 Å². The van der Waals surface area contributed by atoms with Crippen molar-refractivity contribution in [3.63, 3.8) is 0 Å². The molecule has 3 aliphatic carbocycles. The Hall–Kier alpha value is -1.46. The first-order chi connectivity index (χ1) is 11.7. The van der Waals surface area contributed by atoms with Crippen LogP contribution in [0.1, 0.15) is 46.0 Å². The van der Waals surface area contributed by atoms with Crippen molar-refractivity contribution in [3.8, 4) is 0 Å². The van der Waals surface area contributed by atoms with Crippen molar-refractivity contribution >= 4 is 19.8 Å². The summed E-state index contributed by atoms with van der Waals surface area (Å²) in [5.74, 6) is 1.46. The van der Waals surface area contributed by atoms with Gasteiger partial charge in [-0.3, -0.25) is 4.79 Å². The number of allylic oxidation sites excluding steroid dienone is 1. The normalized spacial score (nSPS) is 43.1. The van der Waals surface area contributed by atoms with Gasteiger partial charge in [-0.2, -0.15) is 0 Å². The van der Waals surface area contributed by atoms with E-state index in [1.807, 2.05) is 21.7 Å². The predicted octanol–water partition coefficient (Wildman–Crippen LogP) is 2.01. The fourth-order valence-electron chi connectivity index (χ4n) is 5.21. The van der Waals surface area contributed by atoms with E-state index in [1.165, 1.54) is 0 Å². The van der Waals surface area contributed by atoms with E-state index in [4.69, 9.17) is 14.2 Å². The van der Waals surface area contributed by atoms with Gasteiger partial charge in [-0.25, -0.2) is 4.79 Å². The van der Waals surface area contributed by atoms with Crippen molar-refractivity contribution in [2.75, 3.05) is 6.61 Å². The SMILES string of the molecule is BC1(C(=O)OCC(=O)OC2C3CC4CC(C3)C(=C)OC2C4)CC1(C)C. The summed E-state index contributed by atoms with van der Waals surface area (Å²) in [6, 6.07) is 0. The van der Waals surface area contributed by atoms with Crippen molar-refractivity contribution in [2.45, 2.75) is 63.5 Å². The third kappa shape index (κ3) is 2.78. The zero-order valence-corrected chi connectivity index (χ0v) is 15.4. The van der Waals surface area contributed by atoms with E-state index in [-0.39, 0.29) is 30.2 Å². The molecule has 6 unspecified atom stereocenters. The number of ether oxygens (including phenoxy) is 3. The standard InChI is InChI=1S/C19H27BO5/c1-10-12-4-11-5-13(7-12)16(14(6-11)24-10)25-15(21)8-23-17(22)19(20)9-18(19,2)3/h11-14,16H,1,4-9,20H2,2-3H3. The number of esters is 2. The van der Waals surface area contributed by atoms with Gasteiger partial charge in [0.2, 0.25) is 0 Å². The molecule has 2 saturated heterocycles. The quantitative estimate of drug-likeness (QED) is 0.576. The van der Waals surface area contributed by atoms with Crippen LogP contribution in [0.25, 0.3) is 0 Å². The van der Waals surface area contributed by atoms with Gasteiger partial charge in [0, 0.05) is 17.2 Å². The Labute approximate surface area is 149 Å². The summed E-state index contributed by atoms with van der Waals surface area (Å²) >= 11 is 0. The Bertz CT molecular complexity index is 629. The van der Waals surface area contributed by atoms with E-state index >= 15 is 0 Å². The van der Waals surface area contributed by atoms with Gasteiger partial charge in [0.05, 0.1) is 5.76 Å². The van der Waals surface area contributed by atoms with E-state index in [9.17, 15) is 9.59 Å². The van der Waals surface area contributed by atoms with Crippen LogP contribution in [-0.2, 0) is 23.8 Å². The average Bonchev–Trinajstić information content (AvgIpc) is 3.11. The number of hydrogen-bond donors (Lipinski definition) is 0. The van der Waals surface area contributed by atoms with Crippen molar-refractivity contribution in [1.29, 1.82) is 0 Å². The van der Waals surface area contributed by atoms with Gasteiger partial charge < -0.3 is 14.2 Å². The number of fused-ring (bicyclic) bond motifs is 1. The fraction of sp³-hybridized carbons (Fsp3) is 0.789. The molecule has 5 nitrogen and oxygen atoms in total. The van der Waals surface area contributed by atoms with E-state index < -0.39 is 11.3 Å². The summed E-state index contributed by atoms with van der Waals surface area (Å²) in [6.07, 6.45) is 4.61. The van der Waals surface area contributed by atoms with Crippen LogP contribution in [0, 0.1) is 23.2 Å². The summed E-state index contributed by atoms with van der Waals surface area (Å²) in [6.45, 7) is 7.82. The molecule has 3 saturated carbocycles.